The minimum atomic E-state index is -0.292. The molecule has 1 unspecified atom stereocenters. The summed E-state index contributed by atoms with van der Waals surface area (Å²) in [7, 11) is 1.65. The number of amides is 2. The monoisotopic (exact) mass is 459 g/mol. The Balaban J connectivity index is 1.22. The van der Waals surface area contributed by atoms with Gasteiger partial charge in [0.15, 0.2) is 0 Å². The number of anilines is 2. The number of ether oxygens (including phenoxy) is 1. The predicted molar refractivity (Wildman–Crippen MR) is 131 cm³/mol. The molecule has 3 heterocycles. The van der Waals surface area contributed by atoms with Crippen LogP contribution in [0.5, 0.6) is 5.75 Å². The Bertz CT molecular complexity index is 1180. The molecule has 2 aliphatic heterocycles. The number of piperazine rings is 1. The van der Waals surface area contributed by atoms with Gasteiger partial charge in [-0.2, -0.15) is 0 Å². The van der Waals surface area contributed by atoms with Gasteiger partial charge in [-0.3, -0.25) is 14.2 Å². The van der Waals surface area contributed by atoms with Gasteiger partial charge in [-0.15, -0.1) is 0 Å². The van der Waals surface area contributed by atoms with Crippen molar-refractivity contribution in [3.63, 3.8) is 0 Å². The molecule has 1 atom stereocenters. The highest BCUT2D eigenvalue weighted by Crippen LogP contribution is 2.28. The van der Waals surface area contributed by atoms with E-state index in [0.717, 1.165) is 28.6 Å². The Kier molecular flexibility index (Phi) is 5.96. The molecule has 2 aromatic carbocycles. The first kappa shape index (κ1) is 22.0. The van der Waals surface area contributed by atoms with E-state index in [1.165, 1.54) is 0 Å². The second kappa shape index (κ2) is 9.21. The number of carbonyl (C=O) groups is 2. The van der Waals surface area contributed by atoms with Gasteiger partial charge in [0.2, 0.25) is 17.8 Å². The Morgan fingerprint density at radius 1 is 1.03 bits per heavy atom. The van der Waals surface area contributed by atoms with E-state index in [9.17, 15) is 9.59 Å². The van der Waals surface area contributed by atoms with E-state index in [2.05, 4.69) is 9.88 Å². The quantitative estimate of drug-likeness (QED) is 0.587. The highest BCUT2D eigenvalue weighted by molar-refractivity contribution is 6.00. The van der Waals surface area contributed by atoms with Crippen LogP contribution in [0.15, 0.2) is 60.9 Å². The first-order valence-electron chi connectivity index (χ1n) is 11.6. The van der Waals surface area contributed by atoms with E-state index in [0.29, 0.717) is 32.7 Å². The highest BCUT2D eigenvalue weighted by atomic mass is 16.5. The Labute approximate surface area is 199 Å². The summed E-state index contributed by atoms with van der Waals surface area (Å²) in [6.45, 7) is 5.06. The SMILES string of the molecule is COc1cccc(-n2ccnc2N2CCN(C(=O)C3CC(=O)N(c4ccc(C)cc4)C3)CC2)c1. The largest absolute Gasteiger partial charge is 0.497 e. The Morgan fingerprint density at radius 2 is 1.79 bits per heavy atom. The number of hydrogen-bond donors (Lipinski definition) is 0. The van der Waals surface area contributed by atoms with E-state index in [1.54, 1.807) is 18.2 Å². The lowest BCUT2D eigenvalue weighted by atomic mass is 10.1. The van der Waals surface area contributed by atoms with Crippen molar-refractivity contribution in [2.75, 3.05) is 49.6 Å². The molecule has 0 saturated carbocycles. The van der Waals surface area contributed by atoms with E-state index in [1.807, 2.05) is 71.1 Å². The van der Waals surface area contributed by atoms with Gasteiger partial charge < -0.3 is 19.4 Å². The molecule has 5 rings (SSSR count). The summed E-state index contributed by atoms with van der Waals surface area (Å²) in [5.74, 6) is 1.43. The standard InChI is InChI=1S/C26H29N5O3/c1-19-6-8-21(9-7-19)31-18-20(16-24(31)32)25(33)28-12-14-29(15-13-28)26-27-10-11-30(26)22-4-3-5-23(17-22)34-2/h3-11,17,20H,12-16,18H2,1-2H3. The first-order valence-corrected chi connectivity index (χ1v) is 11.6. The van der Waals surface area contributed by atoms with Gasteiger partial charge in [0.1, 0.15) is 5.75 Å². The fraction of sp³-hybridized carbons (Fsp3) is 0.346. The number of aryl methyl sites for hydroxylation is 1. The molecule has 0 bridgehead atoms. The van der Waals surface area contributed by atoms with Crippen LogP contribution in [0.1, 0.15) is 12.0 Å². The van der Waals surface area contributed by atoms with Crippen LogP contribution in [0.4, 0.5) is 11.6 Å². The molecule has 0 aliphatic carbocycles. The Morgan fingerprint density at radius 3 is 2.53 bits per heavy atom. The maximum atomic E-state index is 13.2. The average Bonchev–Trinajstić information content (AvgIpc) is 3.51. The van der Waals surface area contributed by atoms with E-state index >= 15 is 0 Å². The molecule has 0 spiro atoms. The molecule has 0 N–H and O–H groups in total. The lowest BCUT2D eigenvalue weighted by molar-refractivity contribution is -0.136. The number of aromatic nitrogens is 2. The molecule has 1 aromatic heterocycles. The molecule has 3 aromatic rings. The van der Waals surface area contributed by atoms with Crippen molar-refractivity contribution in [1.82, 2.24) is 14.5 Å². The third kappa shape index (κ3) is 4.23. The third-order valence-electron chi connectivity index (χ3n) is 6.65. The fourth-order valence-electron chi connectivity index (χ4n) is 4.72. The molecule has 2 amide bonds. The van der Waals surface area contributed by atoms with Crippen molar-refractivity contribution in [2.24, 2.45) is 5.92 Å². The van der Waals surface area contributed by atoms with Crippen molar-refractivity contribution in [3.8, 4) is 11.4 Å². The van der Waals surface area contributed by atoms with Crippen LogP contribution >= 0.6 is 0 Å². The minimum absolute atomic E-state index is 0.0150. The summed E-state index contributed by atoms with van der Waals surface area (Å²) in [6, 6.07) is 15.7. The van der Waals surface area contributed by atoms with E-state index in [-0.39, 0.29) is 24.2 Å². The van der Waals surface area contributed by atoms with Gasteiger partial charge in [-0.25, -0.2) is 4.98 Å². The van der Waals surface area contributed by atoms with Crippen molar-refractivity contribution in [1.29, 1.82) is 0 Å². The summed E-state index contributed by atoms with van der Waals surface area (Å²) in [4.78, 5) is 36.2. The molecule has 176 valence electrons. The molecule has 34 heavy (non-hydrogen) atoms. The van der Waals surface area contributed by atoms with Crippen LogP contribution < -0.4 is 14.5 Å². The predicted octanol–water partition coefficient (Wildman–Crippen LogP) is 2.89. The normalized spacial score (nSPS) is 18.5. The molecule has 2 fully saturated rings. The number of benzene rings is 2. The minimum Gasteiger partial charge on any atom is -0.497 e. The van der Waals surface area contributed by atoms with Gasteiger partial charge in [0.05, 0.1) is 18.7 Å². The van der Waals surface area contributed by atoms with Crippen LogP contribution in [0, 0.1) is 12.8 Å². The van der Waals surface area contributed by atoms with Gasteiger partial charge >= 0.3 is 0 Å². The van der Waals surface area contributed by atoms with Gasteiger partial charge in [0.25, 0.3) is 0 Å². The molecular formula is C26H29N5O3. The zero-order valence-corrected chi connectivity index (χ0v) is 19.6. The van der Waals surface area contributed by atoms with Crippen molar-refractivity contribution in [2.45, 2.75) is 13.3 Å². The lowest BCUT2D eigenvalue weighted by Gasteiger charge is -2.36. The topological polar surface area (TPSA) is 70.9 Å². The molecule has 8 nitrogen and oxygen atoms in total. The van der Waals surface area contributed by atoms with E-state index in [4.69, 9.17) is 4.74 Å². The smallest absolute Gasteiger partial charge is 0.228 e. The maximum absolute atomic E-state index is 13.2. The van der Waals surface area contributed by atoms with Crippen LogP contribution in [-0.4, -0.2) is 66.1 Å². The van der Waals surface area contributed by atoms with Crippen molar-refractivity contribution in [3.05, 3.63) is 66.5 Å². The maximum Gasteiger partial charge on any atom is 0.228 e. The second-order valence-electron chi connectivity index (χ2n) is 8.85. The van der Waals surface area contributed by atoms with Crippen LogP contribution in [0.3, 0.4) is 0 Å². The van der Waals surface area contributed by atoms with Crippen LogP contribution in [0.25, 0.3) is 5.69 Å². The molecule has 2 aliphatic rings. The number of imidazole rings is 1. The van der Waals surface area contributed by atoms with Crippen LogP contribution in [0.2, 0.25) is 0 Å². The average molecular weight is 460 g/mol. The summed E-state index contributed by atoms with van der Waals surface area (Å²) in [5, 5.41) is 0. The van der Waals surface area contributed by atoms with Crippen LogP contribution in [-0.2, 0) is 9.59 Å². The van der Waals surface area contributed by atoms with Gasteiger partial charge in [-0.05, 0) is 31.2 Å². The molecule has 2 saturated heterocycles. The number of rotatable bonds is 5. The molecular weight excluding hydrogens is 430 g/mol. The number of methoxy groups -OCH3 is 1. The summed E-state index contributed by atoms with van der Waals surface area (Å²) in [5.41, 5.74) is 2.99. The lowest BCUT2D eigenvalue weighted by Crippen LogP contribution is -2.51. The second-order valence-corrected chi connectivity index (χ2v) is 8.85. The van der Waals surface area contributed by atoms with E-state index < -0.39 is 0 Å². The number of hydrogen-bond acceptors (Lipinski definition) is 5. The summed E-state index contributed by atoms with van der Waals surface area (Å²) in [6.07, 6.45) is 3.99. The van der Waals surface area contributed by atoms with Gasteiger partial charge in [-0.1, -0.05) is 23.8 Å². The van der Waals surface area contributed by atoms with Crippen molar-refractivity contribution < 1.29 is 14.3 Å². The number of carbonyl (C=O) groups excluding carboxylic acids is 2. The fourth-order valence-corrected chi connectivity index (χ4v) is 4.72. The highest BCUT2D eigenvalue weighted by Gasteiger charge is 2.38. The van der Waals surface area contributed by atoms with Gasteiger partial charge in [0, 0.05) is 63.3 Å². The molecule has 0 radical (unpaired) electrons. The zero-order chi connectivity index (χ0) is 23.7. The Hall–Kier alpha value is -3.81. The molecule has 8 heteroatoms. The van der Waals surface area contributed by atoms with Crippen molar-refractivity contribution >= 4 is 23.5 Å². The number of nitrogens with zero attached hydrogens (tertiary/aromatic N) is 5. The zero-order valence-electron chi connectivity index (χ0n) is 19.6. The first-order chi connectivity index (χ1) is 16.5. The third-order valence-corrected chi connectivity index (χ3v) is 6.65. The summed E-state index contributed by atoms with van der Waals surface area (Å²) < 4.78 is 7.39. The summed E-state index contributed by atoms with van der Waals surface area (Å²) >= 11 is 0.